The number of nitrogens with one attached hydrogen (secondary N) is 2. The quantitative estimate of drug-likeness (QED) is 0.515. The van der Waals surface area contributed by atoms with Gasteiger partial charge < -0.3 is 9.55 Å². The normalized spacial score (nSPS) is 14.2. The van der Waals surface area contributed by atoms with Crippen molar-refractivity contribution < 1.29 is 8.42 Å². The van der Waals surface area contributed by atoms with Crippen LogP contribution >= 0.6 is 0 Å². The van der Waals surface area contributed by atoms with Gasteiger partial charge in [0.25, 0.3) is 15.6 Å². The second-order valence-electron chi connectivity index (χ2n) is 7.43. The average molecular weight is 421 g/mol. The molecule has 1 saturated carbocycles. The predicted molar refractivity (Wildman–Crippen MR) is 114 cm³/mol. The highest BCUT2D eigenvalue weighted by Gasteiger charge is 2.29. The van der Waals surface area contributed by atoms with Gasteiger partial charge in [-0.1, -0.05) is 6.07 Å². The fourth-order valence-corrected chi connectivity index (χ4v) is 4.59. The molecule has 0 amide bonds. The number of pyridine rings is 3. The zero-order valence-electron chi connectivity index (χ0n) is 16.2. The summed E-state index contributed by atoms with van der Waals surface area (Å²) in [5.41, 5.74) is 2.90. The van der Waals surface area contributed by atoms with Gasteiger partial charge in [-0.15, -0.1) is 0 Å². The summed E-state index contributed by atoms with van der Waals surface area (Å²) in [6, 6.07) is 8.49. The van der Waals surface area contributed by atoms with E-state index in [0.29, 0.717) is 17.1 Å². The van der Waals surface area contributed by atoms with E-state index in [-0.39, 0.29) is 16.3 Å². The molecule has 0 saturated heterocycles. The summed E-state index contributed by atoms with van der Waals surface area (Å²) in [6.45, 7) is 0. The van der Waals surface area contributed by atoms with Gasteiger partial charge in [0, 0.05) is 42.8 Å². The third-order valence-electron chi connectivity index (χ3n) is 5.28. The molecule has 4 heterocycles. The molecule has 8 nitrogen and oxygen atoms in total. The molecule has 0 aliphatic heterocycles. The van der Waals surface area contributed by atoms with Crippen LogP contribution in [0.1, 0.15) is 24.3 Å². The summed E-state index contributed by atoms with van der Waals surface area (Å²) >= 11 is 0. The van der Waals surface area contributed by atoms with Crippen LogP contribution < -0.4 is 10.3 Å². The summed E-state index contributed by atoms with van der Waals surface area (Å²) in [7, 11) is -2.12. The lowest BCUT2D eigenvalue weighted by Crippen LogP contribution is -2.17. The highest BCUT2D eigenvalue weighted by Crippen LogP contribution is 2.45. The van der Waals surface area contributed by atoms with Crippen molar-refractivity contribution in [2.24, 2.45) is 7.05 Å². The van der Waals surface area contributed by atoms with Crippen LogP contribution in [0.2, 0.25) is 0 Å². The molecule has 30 heavy (non-hydrogen) atoms. The molecule has 1 aliphatic carbocycles. The number of fused-ring (bicyclic) bond motifs is 1. The van der Waals surface area contributed by atoms with Crippen LogP contribution in [0, 0.1) is 0 Å². The minimum Gasteiger partial charge on any atom is -0.357 e. The molecule has 152 valence electrons. The number of hydrogen-bond acceptors (Lipinski definition) is 5. The van der Waals surface area contributed by atoms with Gasteiger partial charge in [-0.25, -0.2) is 13.4 Å². The monoisotopic (exact) mass is 421 g/mol. The highest BCUT2D eigenvalue weighted by molar-refractivity contribution is 7.92. The van der Waals surface area contributed by atoms with Gasteiger partial charge in [-0.3, -0.25) is 14.5 Å². The number of hydrogen-bond donors (Lipinski definition) is 2. The molecule has 4 aromatic heterocycles. The van der Waals surface area contributed by atoms with E-state index in [9.17, 15) is 13.2 Å². The van der Waals surface area contributed by atoms with Crippen molar-refractivity contribution in [3.8, 4) is 11.3 Å². The number of aryl methyl sites for hydroxylation is 1. The Morgan fingerprint density at radius 2 is 2.03 bits per heavy atom. The molecule has 0 bridgehead atoms. The molecule has 2 N–H and O–H groups in total. The molecule has 1 fully saturated rings. The number of nitrogens with zero attached hydrogens (tertiary/aromatic N) is 3. The summed E-state index contributed by atoms with van der Waals surface area (Å²) in [4.78, 5) is 24.0. The Balaban J connectivity index is 1.65. The zero-order chi connectivity index (χ0) is 20.9. The molecule has 0 aromatic carbocycles. The predicted octanol–water partition coefficient (Wildman–Crippen LogP) is 3.00. The maximum atomic E-state index is 12.7. The van der Waals surface area contributed by atoms with Gasteiger partial charge in [0.15, 0.2) is 0 Å². The first-order valence-electron chi connectivity index (χ1n) is 9.55. The molecule has 0 radical (unpaired) electrons. The fraction of sp³-hybridized carbons (Fsp3) is 0.190. The fourth-order valence-electron chi connectivity index (χ4n) is 3.63. The third-order valence-corrected chi connectivity index (χ3v) is 6.62. The molecule has 9 heteroatoms. The smallest absolute Gasteiger partial charge is 0.274 e. The number of rotatable bonds is 5. The first-order chi connectivity index (χ1) is 14.4. The SMILES string of the molecule is Cn1cc(-c2nc(NS(=O)(=O)c3cccnc3)ccc2C2CC2)c2cc[nH]c2c1=O. The summed E-state index contributed by atoms with van der Waals surface area (Å²) in [6.07, 6.45) is 8.42. The first kappa shape index (κ1) is 18.6. The minimum absolute atomic E-state index is 0.0646. The van der Waals surface area contributed by atoms with Gasteiger partial charge >= 0.3 is 0 Å². The van der Waals surface area contributed by atoms with E-state index in [1.165, 1.54) is 23.0 Å². The van der Waals surface area contributed by atoms with Crippen molar-refractivity contribution in [2.45, 2.75) is 23.7 Å². The lowest BCUT2D eigenvalue weighted by Gasteiger charge is -2.14. The number of aromatic amines is 1. The van der Waals surface area contributed by atoms with Crippen LogP contribution in [-0.4, -0.2) is 27.9 Å². The second kappa shape index (κ2) is 6.81. The number of aromatic nitrogens is 4. The molecule has 0 unspecified atom stereocenters. The van der Waals surface area contributed by atoms with Crippen LogP contribution in [0.25, 0.3) is 22.2 Å². The Labute approximate surface area is 172 Å². The Hall–Kier alpha value is -3.46. The topological polar surface area (TPSA) is 110 Å². The number of sulfonamides is 1. The summed E-state index contributed by atoms with van der Waals surface area (Å²) in [5.74, 6) is 0.610. The van der Waals surface area contributed by atoms with Gasteiger partial charge in [-0.2, -0.15) is 0 Å². The van der Waals surface area contributed by atoms with Crippen LogP contribution in [0.3, 0.4) is 0 Å². The largest absolute Gasteiger partial charge is 0.357 e. The summed E-state index contributed by atoms with van der Waals surface area (Å²) < 4.78 is 29.5. The molecule has 0 atom stereocenters. The number of anilines is 1. The van der Waals surface area contributed by atoms with E-state index in [0.717, 1.165) is 29.4 Å². The van der Waals surface area contributed by atoms with Crippen molar-refractivity contribution in [2.75, 3.05) is 4.72 Å². The molecule has 0 spiro atoms. The van der Waals surface area contributed by atoms with E-state index >= 15 is 0 Å². The van der Waals surface area contributed by atoms with Gasteiger partial charge in [-0.05, 0) is 48.6 Å². The lowest BCUT2D eigenvalue weighted by molar-refractivity contribution is 0.600. The van der Waals surface area contributed by atoms with Gasteiger partial charge in [0.05, 0.1) is 5.69 Å². The van der Waals surface area contributed by atoms with Crippen molar-refractivity contribution in [3.63, 3.8) is 0 Å². The minimum atomic E-state index is -3.81. The average Bonchev–Trinajstić information content (AvgIpc) is 3.47. The van der Waals surface area contributed by atoms with Gasteiger partial charge in [0.2, 0.25) is 0 Å². The van der Waals surface area contributed by atoms with Crippen molar-refractivity contribution >= 4 is 26.7 Å². The van der Waals surface area contributed by atoms with Crippen molar-refractivity contribution in [1.29, 1.82) is 0 Å². The molecule has 4 aromatic rings. The first-order valence-corrected chi connectivity index (χ1v) is 11.0. The van der Waals surface area contributed by atoms with Crippen LogP contribution in [0.5, 0.6) is 0 Å². The standard InChI is InChI=1S/C21H19N5O3S/c1-26-12-17(16-8-10-23-20(16)21(26)27)19-15(13-4-5-13)6-7-18(24-19)25-30(28,29)14-3-2-9-22-11-14/h2-3,6-13,23H,4-5H2,1H3,(H,24,25). The Morgan fingerprint density at radius 3 is 2.77 bits per heavy atom. The van der Waals surface area contributed by atoms with Crippen LogP contribution in [0.4, 0.5) is 5.82 Å². The Morgan fingerprint density at radius 1 is 1.20 bits per heavy atom. The Bertz CT molecular complexity index is 1420. The molecular weight excluding hydrogens is 402 g/mol. The molecule has 1 aliphatic rings. The number of H-pyrrole nitrogens is 1. The maximum Gasteiger partial charge on any atom is 0.274 e. The third kappa shape index (κ3) is 3.17. The lowest BCUT2D eigenvalue weighted by atomic mass is 10.0. The maximum absolute atomic E-state index is 12.7. The second-order valence-corrected chi connectivity index (χ2v) is 9.11. The summed E-state index contributed by atoms with van der Waals surface area (Å²) in [5, 5.41) is 0.764. The highest BCUT2D eigenvalue weighted by atomic mass is 32.2. The van der Waals surface area contributed by atoms with E-state index in [2.05, 4.69) is 19.7 Å². The van der Waals surface area contributed by atoms with E-state index in [1.54, 1.807) is 31.6 Å². The van der Waals surface area contributed by atoms with Crippen LogP contribution in [0.15, 0.2) is 64.8 Å². The van der Waals surface area contributed by atoms with Crippen LogP contribution in [-0.2, 0) is 17.1 Å². The van der Waals surface area contributed by atoms with E-state index in [1.807, 2.05) is 12.1 Å². The van der Waals surface area contributed by atoms with Crippen molar-refractivity contribution in [3.05, 3.63) is 71.0 Å². The van der Waals surface area contributed by atoms with Crippen molar-refractivity contribution in [1.82, 2.24) is 19.5 Å². The van der Waals surface area contributed by atoms with E-state index in [4.69, 9.17) is 0 Å². The van der Waals surface area contributed by atoms with Gasteiger partial charge in [0.1, 0.15) is 16.2 Å². The zero-order valence-corrected chi connectivity index (χ0v) is 17.0. The molecule has 5 rings (SSSR count). The van der Waals surface area contributed by atoms with E-state index < -0.39 is 10.0 Å². The Kier molecular flexibility index (Phi) is 4.21. The molecular formula is C21H19N5O3S.